The summed E-state index contributed by atoms with van der Waals surface area (Å²) in [5.41, 5.74) is -0.267. The lowest BCUT2D eigenvalue weighted by molar-refractivity contribution is 0.00979. The first-order valence-corrected chi connectivity index (χ1v) is 7.06. The van der Waals surface area contributed by atoms with Crippen molar-refractivity contribution in [2.45, 2.75) is 51.9 Å². The highest BCUT2D eigenvalue weighted by molar-refractivity contribution is 5.67. The number of ether oxygens (including phenoxy) is 1. The molecule has 0 bridgehead atoms. The molecule has 0 radical (unpaired) electrons. The SMILES string of the molecule is Cc1nc(C(O)C(O)CCNC(=O)OC(C)(C)C)ccc1F. The number of aliphatic hydroxyl groups is 2. The molecule has 0 fully saturated rings. The number of aliphatic hydroxyl groups excluding tert-OH is 2. The van der Waals surface area contributed by atoms with Gasteiger partial charge in [0.2, 0.25) is 0 Å². The highest BCUT2D eigenvalue weighted by Gasteiger charge is 2.21. The molecule has 7 heteroatoms. The molecule has 0 saturated carbocycles. The van der Waals surface area contributed by atoms with Crippen molar-refractivity contribution >= 4 is 6.09 Å². The predicted octanol–water partition coefficient (Wildman–Crippen LogP) is 1.84. The van der Waals surface area contributed by atoms with Crippen LogP contribution in [0.1, 0.15) is 44.7 Å². The Morgan fingerprint density at radius 1 is 1.41 bits per heavy atom. The number of nitrogens with zero attached hydrogens (tertiary/aromatic N) is 1. The van der Waals surface area contributed by atoms with Gasteiger partial charge in [-0.25, -0.2) is 9.18 Å². The van der Waals surface area contributed by atoms with Crippen LogP contribution in [-0.4, -0.2) is 39.5 Å². The summed E-state index contributed by atoms with van der Waals surface area (Å²) in [7, 11) is 0. The molecule has 2 atom stereocenters. The molecule has 1 rings (SSSR count). The summed E-state index contributed by atoms with van der Waals surface area (Å²) in [6.45, 7) is 6.84. The van der Waals surface area contributed by atoms with Gasteiger partial charge in [0.15, 0.2) is 0 Å². The molecule has 0 aliphatic carbocycles. The Balaban J connectivity index is 2.46. The van der Waals surface area contributed by atoms with Crippen LogP contribution >= 0.6 is 0 Å². The van der Waals surface area contributed by atoms with Gasteiger partial charge in [-0.15, -0.1) is 0 Å². The molecule has 3 N–H and O–H groups in total. The average Bonchev–Trinajstić information content (AvgIpc) is 2.38. The topological polar surface area (TPSA) is 91.7 Å². The first-order valence-electron chi connectivity index (χ1n) is 7.06. The zero-order chi connectivity index (χ0) is 16.9. The minimum Gasteiger partial charge on any atom is -0.444 e. The second-order valence-corrected chi connectivity index (χ2v) is 6.03. The van der Waals surface area contributed by atoms with Gasteiger partial charge in [0.25, 0.3) is 0 Å². The van der Waals surface area contributed by atoms with Crippen LogP contribution in [0.5, 0.6) is 0 Å². The smallest absolute Gasteiger partial charge is 0.407 e. The highest BCUT2D eigenvalue weighted by atomic mass is 19.1. The van der Waals surface area contributed by atoms with Gasteiger partial charge < -0.3 is 20.3 Å². The number of carbonyl (C=O) groups is 1. The van der Waals surface area contributed by atoms with Gasteiger partial charge in [-0.05, 0) is 46.2 Å². The minimum absolute atomic E-state index is 0.110. The van der Waals surface area contributed by atoms with E-state index in [-0.39, 0.29) is 24.4 Å². The molecule has 0 spiro atoms. The lowest BCUT2D eigenvalue weighted by Crippen LogP contribution is -2.34. The van der Waals surface area contributed by atoms with Crippen molar-refractivity contribution in [2.24, 2.45) is 0 Å². The van der Waals surface area contributed by atoms with Crippen LogP contribution < -0.4 is 5.32 Å². The molecular formula is C15H23FN2O4. The van der Waals surface area contributed by atoms with Crippen LogP contribution in [0.25, 0.3) is 0 Å². The number of aromatic nitrogens is 1. The molecule has 2 unspecified atom stereocenters. The van der Waals surface area contributed by atoms with Crippen LogP contribution in [0.15, 0.2) is 12.1 Å². The Morgan fingerprint density at radius 3 is 2.59 bits per heavy atom. The van der Waals surface area contributed by atoms with E-state index in [1.807, 2.05) is 0 Å². The monoisotopic (exact) mass is 314 g/mol. The van der Waals surface area contributed by atoms with Crippen molar-refractivity contribution in [1.29, 1.82) is 0 Å². The molecular weight excluding hydrogens is 291 g/mol. The number of hydrogen-bond acceptors (Lipinski definition) is 5. The van der Waals surface area contributed by atoms with E-state index in [4.69, 9.17) is 4.74 Å². The van der Waals surface area contributed by atoms with Crippen LogP contribution in [0.3, 0.4) is 0 Å². The molecule has 0 aliphatic rings. The zero-order valence-electron chi connectivity index (χ0n) is 13.3. The summed E-state index contributed by atoms with van der Waals surface area (Å²) < 4.78 is 18.2. The molecule has 1 heterocycles. The first kappa shape index (κ1) is 18.3. The van der Waals surface area contributed by atoms with Gasteiger partial charge in [-0.3, -0.25) is 4.98 Å². The molecule has 0 aromatic carbocycles. The maximum Gasteiger partial charge on any atom is 0.407 e. The van der Waals surface area contributed by atoms with Gasteiger partial charge in [0, 0.05) is 6.54 Å². The van der Waals surface area contributed by atoms with Crippen LogP contribution in [0.2, 0.25) is 0 Å². The van der Waals surface area contributed by atoms with Crippen molar-refractivity contribution in [1.82, 2.24) is 10.3 Å². The number of hydrogen-bond donors (Lipinski definition) is 3. The molecule has 0 saturated heterocycles. The summed E-state index contributed by atoms with van der Waals surface area (Å²) in [6.07, 6.45) is -2.87. The van der Waals surface area contributed by atoms with Gasteiger partial charge in [0.05, 0.1) is 17.5 Å². The molecule has 6 nitrogen and oxygen atoms in total. The van der Waals surface area contributed by atoms with E-state index in [0.29, 0.717) is 0 Å². The number of nitrogens with one attached hydrogen (secondary N) is 1. The van der Waals surface area contributed by atoms with Gasteiger partial charge in [-0.1, -0.05) is 0 Å². The van der Waals surface area contributed by atoms with E-state index < -0.39 is 29.7 Å². The normalized spacial score (nSPS) is 14.3. The minimum atomic E-state index is -1.25. The van der Waals surface area contributed by atoms with Gasteiger partial charge in [-0.2, -0.15) is 0 Å². The lowest BCUT2D eigenvalue weighted by atomic mass is 10.1. The molecule has 1 aromatic heterocycles. The molecule has 1 amide bonds. The van der Waals surface area contributed by atoms with Crippen molar-refractivity contribution in [3.63, 3.8) is 0 Å². The summed E-state index contributed by atoms with van der Waals surface area (Å²) in [4.78, 5) is 15.3. The van der Waals surface area contributed by atoms with E-state index >= 15 is 0 Å². The largest absolute Gasteiger partial charge is 0.444 e. The number of pyridine rings is 1. The third-order valence-electron chi connectivity index (χ3n) is 2.82. The Labute approximate surface area is 129 Å². The van der Waals surface area contributed by atoms with E-state index in [9.17, 15) is 19.4 Å². The molecule has 124 valence electrons. The van der Waals surface area contributed by atoms with Crippen LogP contribution in [0, 0.1) is 12.7 Å². The van der Waals surface area contributed by atoms with Crippen molar-refractivity contribution < 1.29 is 24.1 Å². The van der Waals surface area contributed by atoms with E-state index in [1.54, 1.807) is 20.8 Å². The summed E-state index contributed by atoms with van der Waals surface area (Å²) >= 11 is 0. The Bertz CT molecular complexity index is 517. The predicted molar refractivity (Wildman–Crippen MR) is 78.8 cm³/mol. The number of carbonyl (C=O) groups excluding carboxylic acids is 1. The van der Waals surface area contributed by atoms with Crippen LogP contribution in [-0.2, 0) is 4.74 Å². The first-order chi connectivity index (χ1) is 10.1. The Kier molecular flexibility index (Phi) is 6.25. The number of amides is 1. The van der Waals surface area contributed by atoms with E-state index in [1.165, 1.54) is 19.1 Å². The van der Waals surface area contributed by atoms with Crippen molar-refractivity contribution in [2.75, 3.05) is 6.54 Å². The maximum atomic E-state index is 13.1. The van der Waals surface area contributed by atoms with Gasteiger partial charge >= 0.3 is 6.09 Å². The highest BCUT2D eigenvalue weighted by Crippen LogP contribution is 2.18. The fraction of sp³-hybridized carbons (Fsp3) is 0.600. The lowest BCUT2D eigenvalue weighted by Gasteiger charge is -2.21. The quantitative estimate of drug-likeness (QED) is 0.771. The fourth-order valence-corrected chi connectivity index (χ4v) is 1.72. The third kappa shape index (κ3) is 5.95. The number of aryl methyl sites for hydroxylation is 1. The summed E-state index contributed by atoms with van der Waals surface area (Å²) in [5, 5.41) is 22.4. The maximum absolute atomic E-state index is 13.1. The average molecular weight is 314 g/mol. The summed E-state index contributed by atoms with van der Waals surface area (Å²) in [5.74, 6) is -0.475. The third-order valence-corrected chi connectivity index (χ3v) is 2.82. The number of halogens is 1. The molecule has 22 heavy (non-hydrogen) atoms. The van der Waals surface area contributed by atoms with Gasteiger partial charge in [0.1, 0.15) is 17.5 Å². The fourth-order valence-electron chi connectivity index (χ4n) is 1.72. The van der Waals surface area contributed by atoms with Crippen molar-refractivity contribution in [3.05, 3.63) is 29.3 Å². The molecule has 0 aliphatic heterocycles. The summed E-state index contributed by atoms with van der Waals surface area (Å²) in [6, 6.07) is 2.50. The van der Waals surface area contributed by atoms with E-state index in [2.05, 4.69) is 10.3 Å². The molecule has 1 aromatic rings. The Hall–Kier alpha value is -1.73. The number of alkyl carbamates (subject to hydrolysis) is 1. The Morgan fingerprint density at radius 2 is 2.05 bits per heavy atom. The second kappa shape index (κ2) is 7.51. The van der Waals surface area contributed by atoms with E-state index in [0.717, 1.165) is 0 Å². The number of rotatable bonds is 5. The zero-order valence-corrected chi connectivity index (χ0v) is 13.3. The second-order valence-electron chi connectivity index (χ2n) is 6.03. The van der Waals surface area contributed by atoms with Crippen molar-refractivity contribution in [3.8, 4) is 0 Å². The van der Waals surface area contributed by atoms with Crippen LogP contribution in [0.4, 0.5) is 9.18 Å². The standard InChI is InChI=1S/C15H23FN2O4/c1-9-10(16)5-6-11(18-9)13(20)12(19)7-8-17-14(21)22-15(2,3)4/h5-6,12-13,19-20H,7-8H2,1-4H3,(H,17,21).